The van der Waals surface area contributed by atoms with Crippen molar-refractivity contribution in [2.24, 2.45) is 28.6 Å². The van der Waals surface area contributed by atoms with Gasteiger partial charge in [-0.25, -0.2) is 0 Å². The van der Waals surface area contributed by atoms with Crippen molar-refractivity contribution in [1.29, 1.82) is 0 Å². The van der Waals surface area contributed by atoms with Crippen molar-refractivity contribution >= 4 is 0 Å². The highest BCUT2D eigenvalue weighted by atomic mass is 14.6. The topological polar surface area (TPSA) is 0 Å². The molecule has 4 aliphatic rings. The first-order valence-corrected chi connectivity index (χ1v) is 11.0. The number of fused-ring (bicyclic) bond motifs is 5. The van der Waals surface area contributed by atoms with Crippen molar-refractivity contribution in [2.75, 3.05) is 0 Å². The molecule has 3 fully saturated rings. The Morgan fingerprint density at radius 1 is 0.800 bits per heavy atom. The van der Waals surface area contributed by atoms with Crippen LogP contribution in [0.25, 0.3) is 0 Å². The van der Waals surface area contributed by atoms with Crippen LogP contribution in [0.4, 0.5) is 0 Å². The summed E-state index contributed by atoms with van der Waals surface area (Å²) >= 11 is 0. The molecule has 0 radical (unpaired) electrons. The van der Waals surface area contributed by atoms with Crippen LogP contribution in [0, 0.1) is 28.6 Å². The first kappa shape index (κ1) is 20.5. The zero-order valence-electron chi connectivity index (χ0n) is 17.9. The van der Waals surface area contributed by atoms with Gasteiger partial charge in [0.05, 0.1) is 0 Å². The van der Waals surface area contributed by atoms with Gasteiger partial charge in [-0.05, 0) is 80.0 Å². The maximum atomic E-state index is 4.43. The molecule has 0 nitrogen and oxygen atoms in total. The average molecular weight is 343 g/mol. The molecule has 0 aromatic rings. The third-order valence-electron chi connectivity index (χ3n) is 8.03. The van der Waals surface area contributed by atoms with Crippen LogP contribution in [-0.2, 0) is 0 Å². The first-order chi connectivity index (χ1) is 11.9. The van der Waals surface area contributed by atoms with E-state index >= 15 is 0 Å². The molecule has 0 heterocycles. The smallest absolute Gasteiger partial charge is 0.00790 e. The summed E-state index contributed by atoms with van der Waals surface area (Å²) in [6.07, 6.45) is 13.3. The molecule has 4 aliphatic carbocycles. The minimum absolute atomic E-state index is 0.469. The van der Waals surface area contributed by atoms with Crippen LogP contribution in [0.5, 0.6) is 0 Å². The van der Waals surface area contributed by atoms with Crippen molar-refractivity contribution < 1.29 is 0 Å². The number of hydrogen-bond acceptors (Lipinski definition) is 0. The fraction of sp³-hybridized carbons (Fsp3) is 0.760. The van der Waals surface area contributed by atoms with Gasteiger partial charge in [0.25, 0.3) is 0 Å². The lowest BCUT2D eigenvalue weighted by molar-refractivity contribution is -0.0236. The number of hydrogen-bond donors (Lipinski definition) is 0. The Hall–Kier alpha value is -0.780. The van der Waals surface area contributed by atoms with Crippen molar-refractivity contribution in [1.82, 2.24) is 0 Å². The van der Waals surface area contributed by atoms with Crippen LogP contribution < -0.4 is 0 Å². The Morgan fingerprint density at radius 2 is 1.44 bits per heavy atom. The summed E-state index contributed by atoms with van der Waals surface area (Å²) in [6.45, 7) is 21.8. The van der Waals surface area contributed by atoms with Gasteiger partial charge in [-0.1, -0.05) is 77.5 Å². The van der Waals surface area contributed by atoms with Crippen molar-refractivity contribution in [3.8, 4) is 0 Å². The molecular weight excluding hydrogens is 300 g/mol. The van der Waals surface area contributed by atoms with E-state index in [2.05, 4.69) is 33.1 Å². The molecule has 0 spiro atoms. The molecule has 0 N–H and O–H groups in total. The SMILES string of the molecule is C=C1C=C2CCC3C4CCC(=C)C4(C)CCC3C2(C)CC1.CC.CC. The van der Waals surface area contributed by atoms with Gasteiger partial charge >= 0.3 is 0 Å². The van der Waals surface area contributed by atoms with Crippen molar-refractivity contribution in [3.05, 3.63) is 36.0 Å². The van der Waals surface area contributed by atoms with Crippen LogP contribution >= 0.6 is 0 Å². The summed E-state index contributed by atoms with van der Waals surface area (Å²) < 4.78 is 0. The minimum atomic E-state index is 0.469. The Balaban J connectivity index is 0.000000528. The third kappa shape index (κ3) is 3.19. The third-order valence-corrected chi connectivity index (χ3v) is 8.03. The summed E-state index contributed by atoms with van der Waals surface area (Å²) in [4.78, 5) is 0. The van der Waals surface area contributed by atoms with Crippen LogP contribution in [0.3, 0.4) is 0 Å². The van der Waals surface area contributed by atoms with E-state index in [0.29, 0.717) is 10.8 Å². The maximum absolute atomic E-state index is 4.43. The van der Waals surface area contributed by atoms with E-state index in [9.17, 15) is 0 Å². The van der Waals surface area contributed by atoms with Gasteiger partial charge in [-0.2, -0.15) is 0 Å². The van der Waals surface area contributed by atoms with Gasteiger partial charge in [0.15, 0.2) is 0 Å². The Kier molecular flexibility index (Phi) is 6.45. The average Bonchev–Trinajstić information content (AvgIpc) is 2.94. The second kappa shape index (κ2) is 7.85. The maximum Gasteiger partial charge on any atom is -0.00790 e. The van der Waals surface area contributed by atoms with E-state index in [4.69, 9.17) is 0 Å². The second-order valence-corrected chi connectivity index (χ2v) is 8.76. The van der Waals surface area contributed by atoms with Crippen LogP contribution in [-0.4, -0.2) is 0 Å². The molecule has 0 aromatic heterocycles. The lowest BCUT2D eigenvalue weighted by atomic mass is 9.47. The monoisotopic (exact) mass is 342 g/mol. The molecule has 3 saturated carbocycles. The summed E-state index contributed by atoms with van der Waals surface area (Å²) in [5.41, 5.74) is 5.62. The Labute approximate surface area is 157 Å². The van der Waals surface area contributed by atoms with Gasteiger partial charge in [0.2, 0.25) is 0 Å². The highest BCUT2D eigenvalue weighted by Gasteiger charge is 2.56. The van der Waals surface area contributed by atoms with E-state index in [1.165, 1.54) is 56.9 Å². The fourth-order valence-electron chi connectivity index (χ4n) is 6.56. The van der Waals surface area contributed by atoms with Crippen LogP contribution in [0.2, 0.25) is 0 Å². The molecule has 0 heteroatoms. The molecule has 0 aliphatic heterocycles. The predicted molar refractivity (Wildman–Crippen MR) is 113 cm³/mol. The van der Waals surface area contributed by atoms with E-state index in [1.54, 1.807) is 11.1 Å². The molecule has 0 saturated heterocycles. The van der Waals surface area contributed by atoms with E-state index in [1.807, 2.05) is 27.7 Å². The Bertz CT molecular complexity index is 536. The minimum Gasteiger partial charge on any atom is -0.0993 e. The quantitative estimate of drug-likeness (QED) is 0.390. The Morgan fingerprint density at radius 3 is 2.12 bits per heavy atom. The molecule has 0 aromatic carbocycles. The summed E-state index contributed by atoms with van der Waals surface area (Å²) in [6, 6.07) is 0. The highest BCUT2D eigenvalue weighted by Crippen LogP contribution is 2.66. The summed E-state index contributed by atoms with van der Waals surface area (Å²) in [5.74, 6) is 2.80. The van der Waals surface area contributed by atoms with Gasteiger partial charge in [-0.3, -0.25) is 0 Å². The number of rotatable bonds is 0. The zero-order valence-corrected chi connectivity index (χ0v) is 17.9. The number of allylic oxidation sites excluding steroid dienone is 4. The summed E-state index contributed by atoms with van der Waals surface area (Å²) in [5, 5.41) is 0. The van der Waals surface area contributed by atoms with E-state index in [0.717, 1.165) is 17.8 Å². The standard InChI is InChI=1S/C21H30.2C2H6/c1-14-9-11-21(4)16(13-14)6-7-17-18-8-5-15(2)20(18,3)12-10-19(17)21;2*1-2/h13,17-19H,1-2,5-12H2,3-4H3;2*1-2H3. The molecule has 5 atom stereocenters. The lowest BCUT2D eigenvalue weighted by Crippen LogP contribution is -2.49. The molecule has 4 rings (SSSR count). The van der Waals surface area contributed by atoms with Gasteiger partial charge < -0.3 is 0 Å². The second-order valence-electron chi connectivity index (χ2n) is 8.76. The molecule has 142 valence electrons. The van der Waals surface area contributed by atoms with Crippen molar-refractivity contribution in [2.45, 2.75) is 92.9 Å². The molecule has 25 heavy (non-hydrogen) atoms. The van der Waals surface area contributed by atoms with Crippen molar-refractivity contribution in [3.63, 3.8) is 0 Å². The van der Waals surface area contributed by atoms with Crippen LogP contribution in [0.15, 0.2) is 36.0 Å². The van der Waals surface area contributed by atoms with Gasteiger partial charge in [0.1, 0.15) is 0 Å². The van der Waals surface area contributed by atoms with E-state index in [-0.39, 0.29) is 0 Å². The largest absolute Gasteiger partial charge is 0.0993 e. The zero-order chi connectivity index (χ0) is 18.8. The van der Waals surface area contributed by atoms with E-state index < -0.39 is 0 Å². The van der Waals surface area contributed by atoms with Crippen LogP contribution in [0.1, 0.15) is 92.9 Å². The van der Waals surface area contributed by atoms with Gasteiger partial charge in [-0.15, -0.1) is 0 Å². The lowest BCUT2D eigenvalue weighted by Gasteiger charge is -2.57. The summed E-state index contributed by atoms with van der Waals surface area (Å²) in [7, 11) is 0. The highest BCUT2D eigenvalue weighted by molar-refractivity contribution is 5.34. The normalized spacial score (nSPS) is 41.8. The molecular formula is C25H42. The van der Waals surface area contributed by atoms with Gasteiger partial charge in [0, 0.05) is 0 Å². The predicted octanol–water partition coefficient (Wildman–Crippen LogP) is 8.11. The molecule has 5 unspecified atom stereocenters. The first-order valence-electron chi connectivity index (χ1n) is 11.0. The molecule has 0 amide bonds. The fourth-order valence-corrected chi connectivity index (χ4v) is 6.56. The molecule has 0 bridgehead atoms.